The molecule has 96 valence electrons. The van der Waals surface area contributed by atoms with E-state index in [1.165, 1.54) is 18.2 Å². The molecule has 1 aromatic carbocycles. The first kappa shape index (κ1) is 13.8. The van der Waals surface area contributed by atoms with Gasteiger partial charge in [0.15, 0.2) is 0 Å². The van der Waals surface area contributed by atoms with Crippen LogP contribution >= 0.6 is 0 Å². The van der Waals surface area contributed by atoms with E-state index in [2.05, 4.69) is 4.74 Å². The van der Waals surface area contributed by atoms with Crippen molar-refractivity contribution < 1.29 is 27.0 Å². The number of halogens is 4. The highest BCUT2D eigenvalue weighted by Crippen LogP contribution is 2.18. The highest BCUT2D eigenvalue weighted by Gasteiger charge is 2.27. The van der Waals surface area contributed by atoms with Crippen molar-refractivity contribution in [3.8, 4) is 5.75 Å². The third-order valence-corrected chi connectivity index (χ3v) is 1.90. The van der Waals surface area contributed by atoms with Crippen LogP contribution in [0, 0.1) is 12.7 Å². The predicted octanol–water partition coefficient (Wildman–Crippen LogP) is 3.09. The molecular formula is C11H12F4O2. The summed E-state index contributed by atoms with van der Waals surface area (Å²) in [6.45, 7) is 0.152. The van der Waals surface area contributed by atoms with Gasteiger partial charge in [0.1, 0.15) is 24.8 Å². The number of ether oxygens (including phenoxy) is 2. The van der Waals surface area contributed by atoms with Gasteiger partial charge in [-0.25, -0.2) is 4.39 Å². The van der Waals surface area contributed by atoms with Crippen molar-refractivity contribution in [1.29, 1.82) is 0 Å². The molecule has 0 amide bonds. The number of aryl methyl sites for hydroxylation is 1. The molecule has 1 rings (SSSR count). The minimum absolute atomic E-state index is 0.0552. The first-order chi connectivity index (χ1) is 7.88. The Labute approximate surface area is 96.1 Å². The van der Waals surface area contributed by atoms with Gasteiger partial charge in [0, 0.05) is 6.07 Å². The lowest BCUT2D eigenvalue weighted by atomic mass is 10.2. The molecule has 0 heterocycles. The lowest BCUT2D eigenvalue weighted by molar-refractivity contribution is -0.175. The molecule has 1 aromatic rings. The quantitative estimate of drug-likeness (QED) is 0.592. The molecule has 0 aromatic heterocycles. The van der Waals surface area contributed by atoms with Gasteiger partial charge in [-0.1, -0.05) is 6.07 Å². The Bertz CT molecular complexity index is 363. The maximum absolute atomic E-state index is 12.8. The molecule has 2 nitrogen and oxygen atoms in total. The summed E-state index contributed by atoms with van der Waals surface area (Å²) < 4.78 is 57.4. The van der Waals surface area contributed by atoms with Crippen LogP contribution in [0.4, 0.5) is 17.6 Å². The van der Waals surface area contributed by atoms with Crippen LogP contribution in [0.1, 0.15) is 5.56 Å². The highest BCUT2D eigenvalue weighted by atomic mass is 19.4. The van der Waals surface area contributed by atoms with Crippen LogP contribution in [0.25, 0.3) is 0 Å². The standard InChI is InChI=1S/C11H12F4O2/c1-8-2-3-9(12)6-10(8)17-5-4-16-7-11(13,14)15/h2-3,6H,4-5,7H2,1H3. The van der Waals surface area contributed by atoms with Gasteiger partial charge >= 0.3 is 6.18 Å². The van der Waals surface area contributed by atoms with Crippen molar-refractivity contribution in [3.63, 3.8) is 0 Å². The van der Waals surface area contributed by atoms with Crippen molar-refractivity contribution in [2.75, 3.05) is 19.8 Å². The molecule has 17 heavy (non-hydrogen) atoms. The summed E-state index contributed by atoms with van der Waals surface area (Å²) in [5, 5.41) is 0. The minimum atomic E-state index is -4.34. The zero-order valence-corrected chi connectivity index (χ0v) is 9.18. The number of hydrogen-bond acceptors (Lipinski definition) is 2. The molecule has 0 atom stereocenters. The van der Waals surface area contributed by atoms with Gasteiger partial charge in [0.05, 0.1) is 6.61 Å². The van der Waals surface area contributed by atoms with Crippen molar-refractivity contribution in [3.05, 3.63) is 29.6 Å². The number of benzene rings is 1. The van der Waals surface area contributed by atoms with Crippen LogP contribution in [-0.2, 0) is 4.74 Å². The van der Waals surface area contributed by atoms with E-state index in [4.69, 9.17) is 4.74 Å². The maximum atomic E-state index is 12.8. The fourth-order valence-corrected chi connectivity index (χ4v) is 1.13. The van der Waals surface area contributed by atoms with Crippen LogP contribution < -0.4 is 4.74 Å². The largest absolute Gasteiger partial charge is 0.491 e. The van der Waals surface area contributed by atoms with Crippen LogP contribution in [0.5, 0.6) is 5.75 Å². The van der Waals surface area contributed by atoms with E-state index < -0.39 is 18.6 Å². The molecule has 0 saturated heterocycles. The second kappa shape index (κ2) is 5.86. The molecule has 0 aliphatic heterocycles. The summed E-state index contributed by atoms with van der Waals surface area (Å²) in [6.07, 6.45) is -4.34. The summed E-state index contributed by atoms with van der Waals surface area (Å²) in [5.74, 6) is -0.151. The molecule has 0 spiro atoms. The van der Waals surface area contributed by atoms with Crippen LogP contribution in [0.15, 0.2) is 18.2 Å². The monoisotopic (exact) mass is 252 g/mol. The van der Waals surface area contributed by atoms with Gasteiger partial charge in [0.25, 0.3) is 0 Å². The number of alkyl halides is 3. The average molecular weight is 252 g/mol. The van der Waals surface area contributed by atoms with Crippen molar-refractivity contribution in [2.24, 2.45) is 0 Å². The van der Waals surface area contributed by atoms with Crippen molar-refractivity contribution in [1.82, 2.24) is 0 Å². The van der Waals surface area contributed by atoms with Gasteiger partial charge in [-0.3, -0.25) is 0 Å². The van der Waals surface area contributed by atoms with E-state index in [-0.39, 0.29) is 13.2 Å². The predicted molar refractivity (Wildman–Crippen MR) is 53.5 cm³/mol. The lowest BCUT2D eigenvalue weighted by Gasteiger charge is -2.10. The first-order valence-electron chi connectivity index (χ1n) is 4.92. The number of hydrogen-bond donors (Lipinski definition) is 0. The Morgan fingerprint density at radius 3 is 2.53 bits per heavy atom. The van der Waals surface area contributed by atoms with Gasteiger partial charge in [0.2, 0.25) is 0 Å². The molecule has 0 saturated carbocycles. The van der Waals surface area contributed by atoms with Crippen molar-refractivity contribution >= 4 is 0 Å². The normalized spacial score (nSPS) is 11.6. The smallest absolute Gasteiger partial charge is 0.411 e. The topological polar surface area (TPSA) is 18.5 Å². The van der Waals surface area contributed by atoms with Gasteiger partial charge in [-0.05, 0) is 18.6 Å². The van der Waals surface area contributed by atoms with E-state index in [1.54, 1.807) is 6.92 Å². The molecule has 0 fully saturated rings. The minimum Gasteiger partial charge on any atom is -0.491 e. The fourth-order valence-electron chi connectivity index (χ4n) is 1.13. The van der Waals surface area contributed by atoms with E-state index in [0.29, 0.717) is 11.3 Å². The van der Waals surface area contributed by atoms with Gasteiger partial charge in [-0.2, -0.15) is 13.2 Å². The molecule has 6 heteroatoms. The zero-order valence-electron chi connectivity index (χ0n) is 9.18. The molecule has 0 aliphatic rings. The zero-order chi connectivity index (χ0) is 12.9. The van der Waals surface area contributed by atoms with Gasteiger partial charge in [-0.15, -0.1) is 0 Å². The van der Waals surface area contributed by atoms with E-state index in [1.807, 2.05) is 0 Å². The summed E-state index contributed by atoms with van der Waals surface area (Å²) in [7, 11) is 0. The Balaban J connectivity index is 2.29. The molecule has 0 unspecified atom stereocenters. The molecular weight excluding hydrogens is 240 g/mol. The summed E-state index contributed by atoms with van der Waals surface area (Å²) >= 11 is 0. The molecule has 0 bridgehead atoms. The third kappa shape index (κ3) is 5.53. The van der Waals surface area contributed by atoms with Crippen LogP contribution in [-0.4, -0.2) is 26.0 Å². The van der Waals surface area contributed by atoms with E-state index in [9.17, 15) is 17.6 Å². The Morgan fingerprint density at radius 1 is 1.18 bits per heavy atom. The SMILES string of the molecule is Cc1ccc(F)cc1OCCOCC(F)(F)F. The average Bonchev–Trinajstić information content (AvgIpc) is 2.21. The van der Waals surface area contributed by atoms with Crippen LogP contribution in [0.2, 0.25) is 0 Å². The van der Waals surface area contributed by atoms with Gasteiger partial charge < -0.3 is 9.47 Å². The highest BCUT2D eigenvalue weighted by molar-refractivity contribution is 5.32. The van der Waals surface area contributed by atoms with Crippen LogP contribution in [0.3, 0.4) is 0 Å². The Kier molecular flexibility index (Phi) is 4.74. The number of rotatable bonds is 5. The van der Waals surface area contributed by atoms with E-state index in [0.717, 1.165) is 0 Å². The lowest BCUT2D eigenvalue weighted by Crippen LogP contribution is -2.19. The second-order valence-corrected chi connectivity index (χ2v) is 3.43. The summed E-state index contributed by atoms with van der Waals surface area (Å²) in [5.41, 5.74) is 0.710. The van der Waals surface area contributed by atoms with Crippen molar-refractivity contribution in [2.45, 2.75) is 13.1 Å². The maximum Gasteiger partial charge on any atom is 0.411 e. The summed E-state index contributed by atoms with van der Waals surface area (Å²) in [4.78, 5) is 0. The first-order valence-corrected chi connectivity index (χ1v) is 4.92. The third-order valence-electron chi connectivity index (χ3n) is 1.90. The van der Waals surface area contributed by atoms with E-state index >= 15 is 0 Å². The Morgan fingerprint density at radius 2 is 1.88 bits per heavy atom. The molecule has 0 N–H and O–H groups in total. The molecule has 0 radical (unpaired) electrons. The molecule has 0 aliphatic carbocycles. The fraction of sp³-hybridized carbons (Fsp3) is 0.455. The second-order valence-electron chi connectivity index (χ2n) is 3.43. The summed E-state index contributed by atoms with van der Waals surface area (Å²) in [6, 6.07) is 3.99. The Hall–Kier alpha value is -1.30.